The summed E-state index contributed by atoms with van der Waals surface area (Å²) < 4.78 is 5.34. The van der Waals surface area contributed by atoms with Gasteiger partial charge < -0.3 is 15.4 Å². The summed E-state index contributed by atoms with van der Waals surface area (Å²) in [5.74, 6) is -0.215. The molecular formula is C15H22ClN3O4. The molecule has 1 amide bonds. The molecule has 1 fully saturated rings. The van der Waals surface area contributed by atoms with Crippen molar-refractivity contribution in [3.63, 3.8) is 0 Å². The van der Waals surface area contributed by atoms with Gasteiger partial charge in [-0.15, -0.1) is 12.4 Å². The molecule has 2 rings (SSSR count). The second kappa shape index (κ2) is 8.24. The third-order valence-corrected chi connectivity index (χ3v) is 4.19. The summed E-state index contributed by atoms with van der Waals surface area (Å²) in [6, 6.07) is 4.46. The van der Waals surface area contributed by atoms with E-state index in [2.05, 4.69) is 0 Å². The van der Waals surface area contributed by atoms with Crippen LogP contribution in [-0.2, 0) is 4.74 Å². The molecule has 0 saturated carbocycles. The summed E-state index contributed by atoms with van der Waals surface area (Å²) in [6.07, 6.45) is 1.53. The van der Waals surface area contributed by atoms with Crippen LogP contribution in [0.2, 0.25) is 0 Å². The van der Waals surface area contributed by atoms with Gasteiger partial charge in [-0.25, -0.2) is 0 Å². The van der Waals surface area contributed by atoms with Crippen LogP contribution >= 0.6 is 12.4 Å². The number of benzene rings is 1. The number of amides is 1. The molecule has 1 aliphatic rings. The van der Waals surface area contributed by atoms with Crippen molar-refractivity contribution >= 4 is 24.0 Å². The van der Waals surface area contributed by atoms with Crippen molar-refractivity contribution in [2.45, 2.75) is 31.9 Å². The summed E-state index contributed by atoms with van der Waals surface area (Å²) in [6.45, 7) is 2.54. The van der Waals surface area contributed by atoms with Crippen molar-refractivity contribution in [3.05, 3.63) is 39.4 Å². The minimum Gasteiger partial charge on any atom is -0.381 e. The van der Waals surface area contributed by atoms with E-state index in [0.29, 0.717) is 30.6 Å². The molecule has 0 spiro atoms. The van der Waals surface area contributed by atoms with Gasteiger partial charge in [0.1, 0.15) is 0 Å². The fourth-order valence-electron chi connectivity index (χ4n) is 2.82. The molecule has 1 aromatic carbocycles. The Morgan fingerprint density at radius 1 is 1.52 bits per heavy atom. The monoisotopic (exact) mass is 343 g/mol. The van der Waals surface area contributed by atoms with Gasteiger partial charge in [0.2, 0.25) is 0 Å². The zero-order chi connectivity index (χ0) is 16.3. The molecule has 1 aromatic rings. The molecule has 8 heteroatoms. The molecule has 0 radical (unpaired) electrons. The van der Waals surface area contributed by atoms with Gasteiger partial charge in [0.25, 0.3) is 11.6 Å². The molecule has 1 saturated heterocycles. The Kier molecular flexibility index (Phi) is 6.93. The van der Waals surface area contributed by atoms with Crippen molar-refractivity contribution in [3.8, 4) is 0 Å². The van der Waals surface area contributed by atoms with E-state index in [-0.39, 0.29) is 36.1 Å². The smallest absolute Gasteiger partial charge is 0.273 e. The van der Waals surface area contributed by atoms with Gasteiger partial charge in [0.15, 0.2) is 0 Å². The number of nitro benzene ring substituents is 1. The second-order valence-electron chi connectivity index (χ2n) is 5.53. The normalized spacial score (nSPS) is 20.7. The first-order valence-corrected chi connectivity index (χ1v) is 7.26. The number of hydrogen-bond acceptors (Lipinski definition) is 5. The topological polar surface area (TPSA) is 98.7 Å². The maximum absolute atomic E-state index is 12.7. The van der Waals surface area contributed by atoms with Gasteiger partial charge in [0, 0.05) is 43.4 Å². The molecule has 2 unspecified atom stereocenters. The largest absolute Gasteiger partial charge is 0.381 e. The van der Waals surface area contributed by atoms with Crippen LogP contribution in [0.15, 0.2) is 18.2 Å². The maximum Gasteiger partial charge on any atom is 0.273 e. The van der Waals surface area contributed by atoms with Gasteiger partial charge in [0.05, 0.1) is 11.0 Å². The first-order valence-electron chi connectivity index (χ1n) is 7.26. The highest BCUT2D eigenvalue weighted by Crippen LogP contribution is 2.24. The summed E-state index contributed by atoms with van der Waals surface area (Å²) in [5.41, 5.74) is 6.59. The summed E-state index contributed by atoms with van der Waals surface area (Å²) in [4.78, 5) is 24.9. The number of hydrogen-bond donors (Lipinski definition) is 1. The van der Waals surface area contributed by atoms with Crippen molar-refractivity contribution in [1.29, 1.82) is 0 Å². The number of ether oxygens (including phenoxy) is 1. The van der Waals surface area contributed by atoms with Crippen LogP contribution in [0, 0.1) is 17.0 Å². The molecule has 7 nitrogen and oxygen atoms in total. The number of nitrogens with two attached hydrogens (primary N) is 1. The van der Waals surface area contributed by atoms with E-state index < -0.39 is 4.92 Å². The number of carbonyl (C=O) groups excluding carboxylic acids is 1. The van der Waals surface area contributed by atoms with E-state index in [9.17, 15) is 14.9 Å². The van der Waals surface area contributed by atoms with Crippen molar-refractivity contribution < 1.29 is 14.5 Å². The third kappa shape index (κ3) is 4.19. The summed E-state index contributed by atoms with van der Waals surface area (Å²) in [7, 11) is 1.65. The fourth-order valence-corrected chi connectivity index (χ4v) is 2.82. The van der Waals surface area contributed by atoms with Gasteiger partial charge in [-0.1, -0.05) is 6.07 Å². The lowest BCUT2D eigenvalue weighted by Crippen LogP contribution is -2.51. The number of aryl methyl sites for hydroxylation is 1. The van der Waals surface area contributed by atoms with E-state index in [1.807, 2.05) is 0 Å². The quantitative estimate of drug-likeness (QED) is 0.665. The molecule has 128 valence electrons. The number of methoxy groups -OCH3 is 1. The lowest BCUT2D eigenvalue weighted by atomic mass is 9.98. The highest BCUT2D eigenvalue weighted by Gasteiger charge is 2.31. The van der Waals surface area contributed by atoms with Crippen LogP contribution in [-0.4, -0.2) is 48.1 Å². The van der Waals surface area contributed by atoms with Crippen LogP contribution in [0.25, 0.3) is 0 Å². The van der Waals surface area contributed by atoms with E-state index in [1.165, 1.54) is 6.07 Å². The van der Waals surface area contributed by atoms with Gasteiger partial charge in [-0.05, 0) is 25.8 Å². The molecule has 23 heavy (non-hydrogen) atoms. The van der Waals surface area contributed by atoms with Crippen LogP contribution in [0.1, 0.15) is 28.8 Å². The predicted molar refractivity (Wildman–Crippen MR) is 89.0 cm³/mol. The molecule has 1 heterocycles. The Hall–Kier alpha value is -1.70. The number of nitrogens with zero attached hydrogens (tertiary/aromatic N) is 2. The minimum absolute atomic E-state index is 0. The number of likely N-dealkylation sites (tertiary alicyclic amines) is 1. The Morgan fingerprint density at radius 2 is 2.22 bits per heavy atom. The maximum atomic E-state index is 12.7. The third-order valence-electron chi connectivity index (χ3n) is 4.19. The van der Waals surface area contributed by atoms with Crippen molar-refractivity contribution in [2.75, 3.05) is 20.2 Å². The van der Waals surface area contributed by atoms with Crippen molar-refractivity contribution in [1.82, 2.24) is 4.90 Å². The number of nitro groups is 1. The van der Waals surface area contributed by atoms with E-state index in [4.69, 9.17) is 10.5 Å². The van der Waals surface area contributed by atoms with Gasteiger partial charge in [-0.3, -0.25) is 14.9 Å². The number of halogens is 1. The zero-order valence-electron chi connectivity index (χ0n) is 13.2. The molecule has 0 bridgehead atoms. The fraction of sp³-hybridized carbons (Fsp3) is 0.533. The average molecular weight is 344 g/mol. The Morgan fingerprint density at radius 3 is 2.78 bits per heavy atom. The minimum atomic E-state index is -0.469. The predicted octanol–water partition coefficient (Wildman–Crippen LogP) is 1.90. The van der Waals surface area contributed by atoms with Crippen LogP contribution < -0.4 is 5.73 Å². The van der Waals surface area contributed by atoms with E-state index >= 15 is 0 Å². The molecule has 2 N–H and O–H groups in total. The highest BCUT2D eigenvalue weighted by molar-refractivity contribution is 5.95. The number of carbonyl (C=O) groups is 1. The Labute approximate surface area is 141 Å². The van der Waals surface area contributed by atoms with Gasteiger partial charge in [-0.2, -0.15) is 0 Å². The van der Waals surface area contributed by atoms with Gasteiger partial charge >= 0.3 is 0 Å². The van der Waals surface area contributed by atoms with Crippen LogP contribution in [0.4, 0.5) is 5.69 Å². The number of piperidine rings is 1. The standard InChI is InChI=1S/C15H21N3O4.ClH/c1-10-3-4-11(7-14(10)18(20)21)15(19)17-6-5-13(22-2)8-12(17)9-16;/h3-4,7,12-13H,5-6,8-9,16H2,1-2H3;1H. The lowest BCUT2D eigenvalue weighted by Gasteiger charge is -2.38. The second-order valence-corrected chi connectivity index (χ2v) is 5.53. The molecule has 2 atom stereocenters. The molecule has 0 aromatic heterocycles. The van der Waals surface area contributed by atoms with E-state index in [0.717, 1.165) is 6.42 Å². The summed E-state index contributed by atoms with van der Waals surface area (Å²) in [5, 5.41) is 11.0. The highest BCUT2D eigenvalue weighted by atomic mass is 35.5. The molecule has 1 aliphatic heterocycles. The van der Waals surface area contributed by atoms with Crippen LogP contribution in [0.5, 0.6) is 0 Å². The summed E-state index contributed by atoms with van der Waals surface area (Å²) >= 11 is 0. The first kappa shape index (κ1) is 19.3. The lowest BCUT2D eigenvalue weighted by molar-refractivity contribution is -0.385. The first-order chi connectivity index (χ1) is 10.5. The molecular weight excluding hydrogens is 322 g/mol. The van der Waals surface area contributed by atoms with E-state index in [1.54, 1.807) is 31.1 Å². The average Bonchev–Trinajstić information content (AvgIpc) is 2.53. The number of rotatable bonds is 4. The van der Waals surface area contributed by atoms with Crippen LogP contribution in [0.3, 0.4) is 0 Å². The van der Waals surface area contributed by atoms with Crippen molar-refractivity contribution in [2.24, 2.45) is 5.73 Å². The SMILES string of the molecule is COC1CCN(C(=O)c2ccc(C)c([N+](=O)[O-])c2)C(CN)C1.Cl. The Balaban J connectivity index is 0.00000264. The Bertz CT molecular complexity index is 582. The molecule has 0 aliphatic carbocycles. The zero-order valence-corrected chi connectivity index (χ0v) is 14.0.